The van der Waals surface area contributed by atoms with Crippen molar-refractivity contribution in [1.29, 1.82) is 0 Å². The van der Waals surface area contributed by atoms with Gasteiger partial charge < -0.3 is 4.57 Å². The summed E-state index contributed by atoms with van der Waals surface area (Å²) in [7, 11) is 1.91. The molecule has 0 atom stereocenters. The van der Waals surface area contributed by atoms with Gasteiger partial charge in [-0.15, -0.1) is 0 Å². The fourth-order valence-electron chi connectivity index (χ4n) is 0.576. The number of halogens is 2. The first-order valence-corrected chi connectivity index (χ1v) is 3.97. The predicted molar refractivity (Wildman–Crippen MR) is 40.8 cm³/mol. The average Bonchev–Trinajstić information content (AvgIpc) is 2.12. The van der Waals surface area contributed by atoms with E-state index in [1.54, 1.807) is 6.33 Å². The Bertz CT molecular complexity index is 189. The first kappa shape index (κ1) is 7.09. The van der Waals surface area contributed by atoms with Crippen molar-refractivity contribution < 1.29 is 0 Å². The molecule has 0 saturated heterocycles. The smallest absolute Gasteiger partial charge is 0.151 e. The molecule has 9 heavy (non-hydrogen) atoms. The quantitative estimate of drug-likeness (QED) is 0.647. The van der Waals surface area contributed by atoms with E-state index in [4.69, 9.17) is 11.6 Å². The zero-order chi connectivity index (χ0) is 6.85. The molecule has 0 fully saturated rings. The van der Waals surface area contributed by atoms with Crippen molar-refractivity contribution >= 4 is 27.5 Å². The van der Waals surface area contributed by atoms with Gasteiger partial charge in [0.05, 0.1) is 12.0 Å². The first-order valence-electron chi connectivity index (χ1n) is 2.47. The van der Waals surface area contributed by atoms with Crippen molar-refractivity contribution in [3.05, 3.63) is 17.2 Å². The number of rotatable bonds is 1. The van der Waals surface area contributed by atoms with Gasteiger partial charge in [0.2, 0.25) is 0 Å². The molecule has 2 nitrogen and oxygen atoms in total. The lowest BCUT2D eigenvalue weighted by Gasteiger charge is -1.94. The van der Waals surface area contributed by atoms with Gasteiger partial charge in [-0.2, -0.15) is 0 Å². The summed E-state index contributed by atoms with van der Waals surface area (Å²) in [5, 5.41) is 1.33. The zero-order valence-electron chi connectivity index (χ0n) is 4.93. The Balaban J connectivity index is 3.07. The van der Waals surface area contributed by atoms with Crippen LogP contribution in [0, 0.1) is 0 Å². The van der Waals surface area contributed by atoms with Crippen LogP contribution in [-0.4, -0.2) is 9.55 Å². The molecule has 4 heteroatoms. The van der Waals surface area contributed by atoms with E-state index < -0.39 is 0 Å². The predicted octanol–water partition coefficient (Wildman–Crippen LogP) is 1.97. The fourth-order valence-corrected chi connectivity index (χ4v) is 1.64. The molecule has 1 rings (SSSR count). The van der Waals surface area contributed by atoms with Crippen molar-refractivity contribution in [2.75, 3.05) is 0 Å². The molecular formula is C5H6BrClN2. The number of aromatic nitrogens is 2. The van der Waals surface area contributed by atoms with Gasteiger partial charge in [0.25, 0.3) is 0 Å². The molecule has 0 aliphatic rings. The number of aryl methyl sites for hydroxylation is 1. The van der Waals surface area contributed by atoms with E-state index in [0.29, 0.717) is 5.15 Å². The molecule has 1 heterocycles. The Labute approximate surface area is 67.0 Å². The number of hydrogen-bond donors (Lipinski definition) is 0. The molecule has 0 aliphatic heterocycles. The number of nitrogens with zero attached hydrogens (tertiary/aromatic N) is 2. The third kappa shape index (κ3) is 1.27. The fraction of sp³-hybridized carbons (Fsp3) is 0.400. The van der Waals surface area contributed by atoms with Gasteiger partial charge in [0.1, 0.15) is 0 Å². The Morgan fingerprint density at radius 1 is 1.89 bits per heavy atom. The summed E-state index contributed by atoms with van der Waals surface area (Å²) < 4.78 is 1.89. The van der Waals surface area contributed by atoms with Gasteiger partial charge in [-0.3, -0.25) is 0 Å². The normalized spacial score (nSPS) is 10.1. The number of imidazole rings is 1. The maximum Gasteiger partial charge on any atom is 0.151 e. The molecule has 0 aliphatic carbocycles. The Morgan fingerprint density at radius 3 is 2.78 bits per heavy atom. The minimum atomic E-state index is 0.578. The van der Waals surface area contributed by atoms with Gasteiger partial charge in [0.15, 0.2) is 5.15 Å². The lowest BCUT2D eigenvalue weighted by Crippen LogP contribution is -1.90. The topological polar surface area (TPSA) is 17.8 Å². The van der Waals surface area contributed by atoms with Crippen molar-refractivity contribution in [2.24, 2.45) is 7.05 Å². The number of alkyl halides is 1. The first-order chi connectivity index (χ1) is 4.25. The summed E-state index contributed by atoms with van der Waals surface area (Å²) in [6, 6.07) is 0. The van der Waals surface area contributed by atoms with Crippen molar-refractivity contribution in [3.8, 4) is 0 Å². The average molecular weight is 209 g/mol. The van der Waals surface area contributed by atoms with Gasteiger partial charge in [-0.1, -0.05) is 27.5 Å². The summed E-state index contributed by atoms with van der Waals surface area (Å²) in [5.74, 6) is 0. The van der Waals surface area contributed by atoms with Crippen LogP contribution in [0.25, 0.3) is 0 Å². The van der Waals surface area contributed by atoms with Crippen molar-refractivity contribution in [1.82, 2.24) is 9.55 Å². The van der Waals surface area contributed by atoms with E-state index >= 15 is 0 Å². The second kappa shape index (κ2) is 2.71. The highest BCUT2D eigenvalue weighted by Crippen LogP contribution is 2.14. The Hall–Kier alpha value is -0.0200. The standard InChI is InChI=1S/C5H6BrClN2/c1-9-3-8-5(7)4(9)2-6/h3H,2H2,1H3. The highest BCUT2D eigenvalue weighted by atomic mass is 79.9. The van der Waals surface area contributed by atoms with Crippen LogP contribution in [0.4, 0.5) is 0 Å². The second-order valence-corrected chi connectivity index (χ2v) is 2.65. The minimum Gasteiger partial charge on any atom is -0.336 e. The highest BCUT2D eigenvalue weighted by molar-refractivity contribution is 9.08. The van der Waals surface area contributed by atoms with E-state index in [0.717, 1.165) is 11.0 Å². The molecule has 0 saturated carbocycles. The summed E-state index contributed by atoms with van der Waals surface area (Å²) in [6.07, 6.45) is 1.69. The van der Waals surface area contributed by atoms with E-state index in [2.05, 4.69) is 20.9 Å². The van der Waals surface area contributed by atoms with Crippen LogP contribution in [0.3, 0.4) is 0 Å². The van der Waals surface area contributed by atoms with Gasteiger partial charge in [0, 0.05) is 12.4 Å². The second-order valence-electron chi connectivity index (χ2n) is 1.73. The Morgan fingerprint density at radius 2 is 2.56 bits per heavy atom. The molecule has 0 aromatic carbocycles. The van der Waals surface area contributed by atoms with Gasteiger partial charge in [-0.05, 0) is 0 Å². The summed E-state index contributed by atoms with van der Waals surface area (Å²) >= 11 is 8.98. The number of hydrogen-bond acceptors (Lipinski definition) is 1. The third-order valence-corrected chi connectivity index (χ3v) is 1.98. The molecule has 1 aromatic heterocycles. The molecule has 0 N–H and O–H groups in total. The van der Waals surface area contributed by atoms with Crippen molar-refractivity contribution in [3.63, 3.8) is 0 Å². The van der Waals surface area contributed by atoms with Crippen LogP contribution in [0.2, 0.25) is 5.15 Å². The zero-order valence-corrected chi connectivity index (χ0v) is 7.28. The van der Waals surface area contributed by atoms with Crippen molar-refractivity contribution in [2.45, 2.75) is 5.33 Å². The van der Waals surface area contributed by atoms with Crippen LogP contribution in [0.1, 0.15) is 5.69 Å². The molecule has 0 radical (unpaired) electrons. The van der Waals surface area contributed by atoms with E-state index in [1.807, 2.05) is 11.6 Å². The minimum absolute atomic E-state index is 0.578. The van der Waals surface area contributed by atoms with Crippen LogP contribution >= 0.6 is 27.5 Å². The van der Waals surface area contributed by atoms with Crippen LogP contribution in [0.15, 0.2) is 6.33 Å². The van der Waals surface area contributed by atoms with E-state index in [-0.39, 0.29) is 0 Å². The highest BCUT2D eigenvalue weighted by Gasteiger charge is 2.02. The molecule has 0 unspecified atom stereocenters. The molecular weight excluding hydrogens is 203 g/mol. The maximum atomic E-state index is 5.68. The van der Waals surface area contributed by atoms with Gasteiger partial charge >= 0.3 is 0 Å². The molecule has 50 valence electrons. The lowest BCUT2D eigenvalue weighted by atomic mass is 10.5. The van der Waals surface area contributed by atoms with Crippen LogP contribution < -0.4 is 0 Å². The largest absolute Gasteiger partial charge is 0.336 e. The summed E-state index contributed by atoms with van der Waals surface area (Å²) in [6.45, 7) is 0. The third-order valence-electron chi connectivity index (χ3n) is 1.13. The monoisotopic (exact) mass is 208 g/mol. The molecule has 0 bridgehead atoms. The lowest BCUT2D eigenvalue weighted by molar-refractivity contribution is 0.869. The van der Waals surface area contributed by atoms with E-state index in [1.165, 1.54) is 0 Å². The van der Waals surface area contributed by atoms with Gasteiger partial charge in [-0.25, -0.2) is 4.98 Å². The summed E-state index contributed by atoms with van der Waals surface area (Å²) in [5.41, 5.74) is 1.01. The Kier molecular flexibility index (Phi) is 2.13. The molecule has 1 aromatic rings. The SMILES string of the molecule is Cn1cnc(Cl)c1CBr. The molecule has 0 spiro atoms. The molecule has 0 amide bonds. The van der Waals surface area contributed by atoms with E-state index in [9.17, 15) is 0 Å². The van der Waals surface area contributed by atoms with Crippen LogP contribution in [0.5, 0.6) is 0 Å². The maximum absolute atomic E-state index is 5.68. The van der Waals surface area contributed by atoms with Crippen LogP contribution in [-0.2, 0) is 12.4 Å². The summed E-state index contributed by atoms with van der Waals surface area (Å²) in [4.78, 5) is 3.89.